The fourth-order valence-corrected chi connectivity index (χ4v) is 3.71. The van der Waals surface area contributed by atoms with Crippen molar-refractivity contribution in [2.24, 2.45) is 0 Å². The molecule has 0 amide bonds. The third-order valence-corrected chi connectivity index (χ3v) is 4.73. The van der Waals surface area contributed by atoms with Crippen molar-refractivity contribution in [3.63, 3.8) is 0 Å². The summed E-state index contributed by atoms with van der Waals surface area (Å²) in [5.41, 5.74) is 4.14. The summed E-state index contributed by atoms with van der Waals surface area (Å²) in [4.78, 5) is 3.49. The number of hydrogen-bond acceptors (Lipinski definition) is 1. The highest BCUT2D eigenvalue weighted by Gasteiger charge is 2.12. The third-order valence-electron chi connectivity index (χ3n) is 4.07. The topological polar surface area (TPSA) is 28.9 Å². The molecule has 0 spiro atoms. The summed E-state index contributed by atoms with van der Waals surface area (Å²) >= 11 is 3.65. The molecular formula is C18H10BrNO. The van der Waals surface area contributed by atoms with E-state index >= 15 is 0 Å². The van der Waals surface area contributed by atoms with Crippen LogP contribution in [-0.2, 0) is 0 Å². The van der Waals surface area contributed by atoms with Gasteiger partial charge in [0.15, 0.2) is 0 Å². The molecular weight excluding hydrogens is 326 g/mol. The molecule has 100 valence electrons. The molecule has 2 aromatic heterocycles. The molecule has 2 heterocycles. The minimum absolute atomic E-state index is 0.931. The number of furan rings is 1. The average molecular weight is 336 g/mol. The lowest BCUT2D eigenvalue weighted by Gasteiger charge is -1.95. The van der Waals surface area contributed by atoms with E-state index in [-0.39, 0.29) is 0 Å². The summed E-state index contributed by atoms with van der Waals surface area (Å²) in [5, 5.41) is 4.70. The highest BCUT2D eigenvalue weighted by atomic mass is 79.9. The van der Waals surface area contributed by atoms with Gasteiger partial charge >= 0.3 is 0 Å². The minimum Gasteiger partial charge on any atom is -0.456 e. The summed E-state index contributed by atoms with van der Waals surface area (Å²) in [6.45, 7) is 0. The molecule has 5 rings (SSSR count). The zero-order valence-electron chi connectivity index (χ0n) is 11.0. The summed E-state index contributed by atoms with van der Waals surface area (Å²) < 4.78 is 7.09. The van der Waals surface area contributed by atoms with Gasteiger partial charge in [-0.15, -0.1) is 0 Å². The van der Waals surface area contributed by atoms with Gasteiger partial charge in [-0.3, -0.25) is 0 Å². The van der Waals surface area contributed by atoms with E-state index in [0.29, 0.717) is 0 Å². The molecule has 0 saturated heterocycles. The van der Waals surface area contributed by atoms with Crippen molar-refractivity contribution in [2.75, 3.05) is 0 Å². The van der Waals surface area contributed by atoms with E-state index in [2.05, 4.69) is 51.2 Å². The molecule has 2 nitrogen and oxygen atoms in total. The third kappa shape index (κ3) is 1.47. The highest BCUT2D eigenvalue weighted by molar-refractivity contribution is 9.10. The van der Waals surface area contributed by atoms with Gasteiger partial charge in [0.2, 0.25) is 0 Å². The van der Waals surface area contributed by atoms with Crippen molar-refractivity contribution in [1.29, 1.82) is 0 Å². The van der Waals surface area contributed by atoms with E-state index in [0.717, 1.165) is 37.4 Å². The largest absolute Gasteiger partial charge is 0.456 e. The van der Waals surface area contributed by atoms with Crippen LogP contribution in [0.2, 0.25) is 0 Å². The summed E-state index contributed by atoms with van der Waals surface area (Å²) in [7, 11) is 0. The number of rotatable bonds is 0. The number of halogens is 1. The second-order valence-electron chi connectivity index (χ2n) is 5.28. The molecule has 0 atom stereocenters. The summed E-state index contributed by atoms with van der Waals surface area (Å²) in [6.07, 6.45) is 0. The van der Waals surface area contributed by atoms with Crippen LogP contribution < -0.4 is 0 Å². The van der Waals surface area contributed by atoms with Crippen molar-refractivity contribution in [1.82, 2.24) is 4.98 Å². The maximum absolute atomic E-state index is 5.99. The van der Waals surface area contributed by atoms with Crippen molar-refractivity contribution in [3.8, 4) is 0 Å². The molecule has 0 aliphatic rings. The molecule has 0 radical (unpaired) electrons. The lowest BCUT2D eigenvalue weighted by Crippen LogP contribution is -1.70. The van der Waals surface area contributed by atoms with Gasteiger partial charge in [0.1, 0.15) is 11.2 Å². The van der Waals surface area contributed by atoms with Crippen LogP contribution in [0.1, 0.15) is 0 Å². The first-order valence-electron chi connectivity index (χ1n) is 6.82. The van der Waals surface area contributed by atoms with Gasteiger partial charge < -0.3 is 9.40 Å². The molecule has 0 aliphatic heterocycles. The number of aromatic nitrogens is 1. The smallest absolute Gasteiger partial charge is 0.136 e. The Kier molecular flexibility index (Phi) is 2.11. The quantitative estimate of drug-likeness (QED) is 0.370. The first kappa shape index (κ1) is 11.4. The van der Waals surface area contributed by atoms with Gasteiger partial charge in [-0.1, -0.05) is 40.2 Å². The fourth-order valence-electron chi connectivity index (χ4n) is 3.13. The summed E-state index contributed by atoms with van der Waals surface area (Å²) in [5.74, 6) is 0. The molecule has 5 aromatic rings. The van der Waals surface area contributed by atoms with Gasteiger partial charge in [-0.05, 0) is 30.3 Å². The molecule has 1 N–H and O–H groups in total. The number of benzene rings is 3. The van der Waals surface area contributed by atoms with Crippen molar-refractivity contribution >= 4 is 59.7 Å². The second kappa shape index (κ2) is 3.89. The molecule has 0 aliphatic carbocycles. The van der Waals surface area contributed by atoms with Gasteiger partial charge in [0, 0.05) is 37.1 Å². The predicted octanol–water partition coefficient (Wildman–Crippen LogP) is 5.98. The van der Waals surface area contributed by atoms with Crippen LogP contribution in [0.25, 0.3) is 43.7 Å². The Morgan fingerprint density at radius 3 is 2.62 bits per heavy atom. The van der Waals surface area contributed by atoms with Gasteiger partial charge in [0.25, 0.3) is 0 Å². The van der Waals surface area contributed by atoms with Crippen molar-refractivity contribution in [2.45, 2.75) is 0 Å². The van der Waals surface area contributed by atoms with E-state index in [1.807, 2.05) is 24.3 Å². The van der Waals surface area contributed by atoms with Crippen molar-refractivity contribution in [3.05, 3.63) is 59.1 Å². The second-order valence-corrected chi connectivity index (χ2v) is 6.13. The molecule has 3 heteroatoms. The monoisotopic (exact) mass is 335 g/mol. The molecule has 0 fully saturated rings. The molecule has 0 unspecified atom stereocenters. The zero-order chi connectivity index (χ0) is 14.0. The van der Waals surface area contributed by atoms with Crippen LogP contribution >= 0.6 is 15.9 Å². The predicted molar refractivity (Wildman–Crippen MR) is 90.8 cm³/mol. The first-order chi connectivity index (χ1) is 10.3. The Balaban J connectivity index is 2.05. The molecule has 0 saturated carbocycles. The van der Waals surface area contributed by atoms with E-state index in [1.54, 1.807) is 0 Å². The van der Waals surface area contributed by atoms with Crippen molar-refractivity contribution < 1.29 is 4.42 Å². The number of para-hydroxylation sites is 1. The van der Waals surface area contributed by atoms with E-state index in [1.165, 1.54) is 10.8 Å². The number of H-pyrrole nitrogens is 1. The van der Waals surface area contributed by atoms with E-state index < -0.39 is 0 Å². The summed E-state index contributed by atoms with van der Waals surface area (Å²) in [6, 6.07) is 18.7. The molecule has 3 aromatic carbocycles. The normalized spacial score (nSPS) is 12.0. The Morgan fingerprint density at radius 1 is 0.762 bits per heavy atom. The van der Waals surface area contributed by atoms with Crippen LogP contribution in [0.15, 0.2) is 63.5 Å². The number of nitrogens with one attached hydrogen (secondary N) is 1. The lowest BCUT2D eigenvalue weighted by molar-refractivity contribution is 0.669. The Hall–Kier alpha value is -2.26. The van der Waals surface area contributed by atoms with Crippen LogP contribution in [0.5, 0.6) is 0 Å². The fraction of sp³-hybridized carbons (Fsp3) is 0. The van der Waals surface area contributed by atoms with Crippen LogP contribution in [0.4, 0.5) is 0 Å². The van der Waals surface area contributed by atoms with E-state index in [9.17, 15) is 0 Å². The number of aromatic amines is 1. The van der Waals surface area contributed by atoms with Crippen LogP contribution in [-0.4, -0.2) is 4.98 Å². The maximum Gasteiger partial charge on any atom is 0.136 e. The highest BCUT2D eigenvalue weighted by Crippen LogP contribution is 2.37. The number of hydrogen-bond donors (Lipinski definition) is 1. The Morgan fingerprint density at radius 2 is 1.67 bits per heavy atom. The number of fused-ring (bicyclic) bond motifs is 6. The average Bonchev–Trinajstić information content (AvgIpc) is 3.03. The lowest BCUT2D eigenvalue weighted by atomic mass is 10.1. The Labute approximate surface area is 128 Å². The van der Waals surface area contributed by atoms with Crippen LogP contribution in [0, 0.1) is 0 Å². The maximum atomic E-state index is 5.99. The van der Waals surface area contributed by atoms with Gasteiger partial charge in [-0.25, -0.2) is 0 Å². The standard InChI is InChI=1S/C18H10BrNO/c19-13-5-3-6-14-18(13)12-9-17-11(8-15(12)20-14)10-4-1-2-7-16(10)21-17/h1-9,20H. The Bertz CT molecular complexity index is 1150. The first-order valence-corrected chi connectivity index (χ1v) is 7.62. The zero-order valence-corrected chi connectivity index (χ0v) is 12.6. The minimum atomic E-state index is 0.931. The molecule has 0 bridgehead atoms. The van der Waals surface area contributed by atoms with Crippen LogP contribution in [0.3, 0.4) is 0 Å². The van der Waals surface area contributed by atoms with E-state index in [4.69, 9.17) is 4.42 Å². The SMILES string of the molecule is Brc1cccc2[nH]c3cc4c(cc3c12)oc1ccccc14. The molecule has 21 heavy (non-hydrogen) atoms. The van der Waals surface area contributed by atoms with Gasteiger partial charge in [0.05, 0.1) is 0 Å². The van der Waals surface area contributed by atoms with Gasteiger partial charge in [-0.2, -0.15) is 0 Å².